The van der Waals surface area contributed by atoms with E-state index in [0.29, 0.717) is 16.8 Å². The Hall–Kier alpha value is -3.32. The third-order valence-electron chi connectivity index (χ3n) is 2.74. The molecule has 2 amide bonds. The molecular formula is C16H14N4O3. The van der Waals surface area contributed by atoms with Gasteiger partial charge in [-0.2, -0.15) is 5.10 Å². The monoisotopic (exact) mass is 310 g/mol. The minimum atomic E-state index is -0.653. The fraction of sp³-hybridized carbons (Fsp3) is 0. The first kappa shape index (κ1) is 16.1. The molecule has 0 aliphatic rings. The highest BCUT2D eigenvalue weighted by atomic mass is 16.5. The van der Waals surface area contributed by atoms with Crippen molar-refractivity contribution in [2.75, 3.05) is 0 Å². The Morgan fingerprint density at radius 1 is 1.17 bits per heavy atom. The Labute approximate surface area is 132 Å². The molecule has 0 unspecified atom stereocenters. The van der Waals surface area contributed by atoms with Gasteiger partial charge >= 0.3 is 0 Å². The van der Waals surface area contributed by atoms with E-state index in [4.69, 9.17) is 5.21 Å². The zero-order valence-corrected chi connectivity index (χ0v) is 12.0. The van der Waals surface area contributed by atoms with Gasteiger partial charge in [0.1, 0.15) is 0 Å². The van der Waals surface area contributed by atoms with Crippen LogP contribution >= 0.6 is 0 Å². The zero-order valence-electron chi connectivity index (χ0n) is 12.0. The van der Waals surface area contributed by atoms with Crippen LogP contribution in [0.25, 0.3) is 6.08 Å². The summed E-state index contributed by atoms with van der Waals surface area (Å²) in [5.41, 5.74) is 5.53. The molecule has 1 heterocycles. The van der Waals surface area contributed by atoms with Gasteiger partial charge in [-0.15, -0.1) is 0 Å². The normalized spacial score (nSPS) is 10.8. The van der Waals surface area contributed by atoms with Crippen molar-refractivity contribution in [3.63, 3.8) is 0 Å². The molecular weight excluding hydrogens is 296 g/mol. The van der Waals surface area contributed by atoms with E-state index in [-0.39, 0.29) is 5.91 Å². The molecule has 7 nitrogen and oxygen atoms in total. The SMILES string of the molecule is O=C(C=Cc1cccc(C(=O)NN=Cc2ccccn2)c1)NO. The van der Waals surface area contributed by atoms with Crippen molar-refractivity contribution in [1.82, 2.24) is 15.9 Å². The Bertz CT molecular complexity index is 742. The van der Waals surface area contributed by atoms with Crippen LogP contribution in [0, 0.1) is 0 Å². The molecule has 7 heteroatoms. The molecule has 116 valence electrons. The van der Waals surface area contributed by atoms with Crippen molar-refractivity contribution < 1.29 is 14.8 Å². The number of pyridine rings is 1. The van der Waals surface area contributed by atoms with Crippen LogP contribution in [0.3, 0.4) is 0 Å². The number of hydroxylamine groups is 1. The topological polar surface area (TPSA) is 104 Å². The van der Waals surface area contributed by atoms with Gasteiger partial charge in [-0.05, 0) is 35.9 Å². The lowest BCUT2D eigenvalue weighted by Gasteiger charge is -2.01. The Balaban J connectivity index is 2.01. The van der Waals surface area contributed by atoms with Crippen LogP contribution in [0.5, 0.6) is 0 Å². The molecule has 3 N–H and O–H groups in total. The molecule has 0 saturated carbocycles. The van der Waals surface area contributed by atoms with Crippen molar-refractivity contribution in [3.8, 4) is 0 Å². The molecule has 2 rings (SSSR count). The van der Waals surface area contributed by atoms with Crippen LogP contribution in [-0.4, -0.2) is 28.2 Å². The number of hydrazone groups is 1. The molecule has 0 aliphatic heterocycles. The third kappa shape index (κ3) is 5.18. The summed E-state index contributed by atoms with van der Waals surface area (Å²) in [7, 11) is 0. The Morgan fingerprint density at radius 3 is 2.78 bits per heavy atom. The third-order valence-corrected chi connectivity index (χ3v) is 2.74. The van der Waals surface area contributed by atoms with Gasteiger partial charge in [0.15, 0.2) is 0 Å². The van der Waals surface area contributed by atoms with Crippen molar-refractivity contribution in [2.45, 2.75) is 0 Å². The van der Waals surface area contributed by atoms with E-state index >= 15 is 0 Å². The van der Waals surface area contributed by atoms with E-state index in [2.05, 4.69) is 15.5 Å². The first-order valence-corrected chi connectivity index (χ1v) is 6.65. The van der Waals surface area contributed by atoms with Crippen LogP contribution in [0.2, 0.25) is 0 Å². The Kier molecular flexibility index (Phi) is 5.73. The average Bonchev–Trinajstić information content (AvgIpc) is 2.60. The zero-order chi connectivity index (χ0) is 16.5. The van der Waals surface area contributed by atoms with Gasteiger partial charge in [0.05, 0.1) is 11.9 Å². The molecule has 1 aromatic heterocycles. The summed E-state index contributed by atoms with van der Waals surface area (Å²) in [4.78, 5) is 27.0. The van der Waals surface area contributed by atoms with Crippen LogP contribution in [0.1, 0.15) is 21.6 Å². The number of aromatic nitrogens is 1. The van der Waals surface area contributed by atoms with Gasteiger partial charge < -0.3 is 0 Å². The lowest BCUT2D eigenvalue weighted by Crippen LogP contribution is -2.17. The van der Waals surface area contributed by atoms with E-state index < -0.39 is 5.91 Å². The molecule has 0 atom stereocenters. The van der Waals surface area contributed by atoms with Crippen molar-refractivity contribution in [1.29, 1.82) is 0 Å². The predicted molar refractivity (Wildman–Crippen MR) is 84.7 cm³/mol. The molecule has 1 aromatic carbocycles. The van der Waals surface area contributed by atoms with Gasteiger partial charge in [-0.25, -0.2) is 10.9 Å². The van der Waals surface area contributed by atoms with E-state index in [9.17, 15) is 9.59 Å². The van der Waals surface area contributed by atoms with E-state index in [1.807, 2.05) is 6.07 Å². The maximum Gasteiger partial charge on any atom is 0.271 e. The number of benzene rings is 1. The molecule has 2 aromatic rings. The number of amides is 2. The van der Waals surface area contributed by atoms with E-state index in [1.54, 1.807) is 42.6 Å². The first-order chi connectivity index (χ1) is 11.2. The highest BCUT2D eigenvalue weighted by Crippen LogP contribution is 2.07. The summed E-state index contributed by atoms with van der Waals surface area (Å²) in [5.74, 6) is -1.04. The number of hydrogen-bond donors (Lipinski definition) is 3. The predicted octanol–water partition coefficient (Wildman–Crippen LogP) is 1.36. The second-order valence-electron chi connectivity index (χ2n) is 4.39. The molecule has 0 aliphatic carbocycles. The summed E-state index contributed by atoms with van der Waals surface area (Å²) in [6.45, 7) is 0. The summed E-state index contributed by atoms with van der Waals surface area (Å²) in [6.07, 6.45) is 5.69. The Morgan fingerprint density at radius 2 is 2.04 bits per heavy atom. The number of carbonyl (C=O) groups is 2. The maximum absolute atomic E-state index is 12.0. The van der Waals surface area contributed by atoms with Crippen molar-refractivity contribution in [2.24, 2.45) is 5.10 Å². The second kappa shape index (κ2) is 8.20. The maximum atomic E-state index is 12.0. The number of nitrogens with zero attached hydrogens (tertiary/aromatic N) is 2. The molecule has 0 fully saturated rings. The molecule has 0 bridgehead atoms. The first-order valence-electron chi connectivity index (χ1n) is 6.65. The molecule has 23 heavy (non-hydrogen) atoms. The summed E-state index contributed by atoms with van der Waals surface area (Å²) >= 11 is 0. The van der Waals surface area contributed by atoms with Crippen LogP contribution < -0.4 is 10.9 Å². The molecule has 0 spiro atoms. The summed E-state index contributed by atoms with van der Waals surface area (Å²) in [5, 5.41) is 12.2. The van der Waals surface area contributed by atoms with Crippen LogP contribution in [0.15, 0.2) is 59.8 Å². The largest absolute Gasteiger partial charge is 0.288 e. The van der Waals surface area contributed by atoms with Crippen LogP contribution in [-0.2, 0) is 4.79 Å². The smallest absolute Gasteiger partial charge is 0.271 e. The standard InChI is InChI=1S/C16H14N4O3/c21-15(20-23)8-7-12-4-3-5-13(10-12)16(22)19-18-11-14-6-1-2-9-17-14/h1-11,23H,(H,19,22)(H,20,21). The van der Waals surface area contributed by atoms with Gasteiger partial charge in [-0.1, -0.05) is 18.2 Å². The highest BCUT2D eigenvalue weighted by molar-refractivity contribution is 5.96. The average molecular weight is 310 g/mol. The van der Waals surface area contributed by atoms with E-state index in [0.717, 1.165) is 6.08 Å². The number of rotatable bonds is 5. The summed E-state index contributed by atoms with van der Waals surface area (Å²) < 4.78 is 0. The number of hydrogen-bond acceptors (Lipinski definition) is 5. The minimum Gasteiger partial charge on any atom is -0.288 e. The van der Waals surface area contributed by atoms with Crippen molar-refractivity contribution in [3.05, 3.63) is 71.6 Å². The number of carbonyl (C=O) groups excluding carboxylic acids is 2. The quantitative estimate of drug-likeness (QED) is 0.336. The minimum absolute atomic E-state index is 0.384. The summed E-state index contributed by atoms with van der Waals surface area (Å²) in [6, 6.07) is 12.0. The van der Waals surface area contributed by atoms with E-state index in [1.165, 1.54) is 17.8 Å². The van der Waals surface area contributed by atoms with Gasteiger partial charge in [0.2, 0.25) is 0 Å². The molecule has 0 saturated heterocycles. The second-order valence-corrected chi connectivity index (χ2v) is 4.39. The molecule has 0 radical (unpaired) electrons. The highest BCUT2D eigenvalue weighted by Gasteiger charge is 2.04. The van der Waals surface area contributed by atoms with Crippen molar-refractivity contribution >= 4 is 24.1 Å². The fourth-order valence-electron chi connectivity index (χ4n) is 1.67. The van der Waals surface area contributed by atoms with Gasteiger partial charge in [0, 0.05) is 17.8 Å². The van der Waals surface area contributed by atoms with Crippen LogP contribution in [0.4, 0.5) is 0 Å². The lowest BCUT2D eigenvalue weighted by atomic mass is 10.1. The van der Waals surface area contributed by atoms with Gasteiger partial charge in [0.25, 0.3) is 11.8 Å². The fourth-order valence-corrected chi connectivity index (χ4v) is 1.67. The van der Waals surface area contributed by atoms with Gasteiger partial charge in [-0.3, -0.25) is 19.8 Å². The number of nitrogens with one attached hydrogen (secondary N) is 2. The lowest BCUT2D eigenvalue weighted by molar-refractivity contribution is -0.124.